The van der Waals surface area contributed by atoms with E-state index in [0.29, 0.717) is 39.3 Å². The predicted octanol–water partition coefficient (Wildman–Crippen LogP) is 3.96. The zero-order valence-electron chi connectivity index (χ0n) is 15.2. The second-order valence-electron chi connectivity index (χ2n) is 6.69. The smallest absolute Gasteiger partial charge is 0.343 e. The third-order valence-electron chi connectivity index (χ3n) is 4.70. The van der Waals surface area contributed by atoms with Crippen LogP contribution in [0.15, 0.2) is 24.3 Å². The Morgan fingerprint density at radius 1 is 1.11 bits per heavy atom. The van der Waals surface area contributed by atoms with Crippen LogP contribution in [0.2, 0.25) is 0 Å². The molecule has 150 valence electrons. The lowest BCUT2D eigenvalue weighted by Crippen LogP contribution is -2.47. The number of amides is 3. The largest absolute Gasteiger partial charge is 0.426 e. The molecule has 1 fully saturated rings. The van der Waals surface area contributed by atoms with Gasteiger partial charge in [0.25, 0.3) is 0 Å². The van der Waals surface area contributed by atoms with Gasteiger partial charge in [-0.2, -0.15) is 13.2 Å². The van der Waals surface area contributed by atoms with Crippen LogP contribution in [0.1, 0.15) is 38.7 Å². The number of benzene rings is 1. The summed E-state index contributed by atoms with van der Waals surface area (Å²) in [5.74, 6) is 0.0803. The quantitative estimate of drug-likeness (QED) is 0.766. The molecule has 5 nitrogen and oxygen atoms in total. The summed E-state index contributed by atoms with van der Waals surface area (Å²) in [5, 5.41) is 5.29. The van der Waals surface area contributed by atoms with Gasteiger partial charge in [-0.25, -0.2) is 9.18 Å². The van der Waals surface area contributed by atoms with Crippen molar-refractivity contribution in [1.29, 1.82) is 0 Å². The van der Waals surface area contributed by atoms with Crippen LogP contribution < -0.4 is 10.6 Å². The molecule has 0 radical (unpaired) electrons. The second kappa shape index (κ2) is 8.14. The average Bonchev–Trinajstić information content (AvgIpc) is 2.61. The van der Waals surface area contributed by atoms with Gasteiger partial charge in [0, 0.05) is 31.2 Å². The summed E-state index contributed by atoms with van der Waals surface area (Å²) in [4.78, 5) is 25.4. The van der Waals surface area contributed by atoms with Gasteiger partial charge in [-0.05, 0) is 37.5 Å². The van der Waals surface area contributed by atoms with Crippen molar-refractivity contribution >= 4 is 17.6 Å². The van der Waals surface area contributed by atoms with Crippen LogP contribution >= 0.6 is 0 Å². The summed E-state index contributed by atoms with van der Waals surface area (Å²) in [6, 6.07) is 3.85. The van der Waals surface area contributed by atoms with E-state index in [4.69, 9.17) is 0 Å². The Kier molecular flexibility index (Phi) is 6.33. The van der Waals surface area contributed by atoms with Crippen molar-refractivity contribution < 1.29 is 27.2 Å². The Hall–Kier alpha value is -2.32. The SMILES string of the molecule is CCC(=O)N1CCC(NC(=O)Nc2ccc(C(C)(F)C(F)(F)F)cc2)CC1. The number of nitrogens with zero attached hydrogens (tertiary/aromatic N) is 1. The van der Waals surface area contributed by atoms with E-state index in [1.807, 2.05) is 0 Å². The molecule has 0 spiro atoms. The second-order valence-corrected chi connectivity index (χ2v) is 6.69. The Labute approximate surface area is 155 Å². The number of rotatable bonds is 4. The van der Waals surface area contributed by atoms with E-state index in [9.17, 15) is 27.2 Å². The highest BCUT2D eigenvalue weighted by atomic mass is 19.4. The first-order chi connectivity index (χ1) is 12.5. The molecule has 0 saturated carbocycles. The van der Waals surface area contributed by atoms with Gasteiger partial charge in [-0.15, -0.1) is 0 Å². The standard InChI is InChI=1S/C18H23F4N3O2/c1-3-15(26)25-10-8-14(9-11-25)24-16(27)23-13-6-4-12(5-7-13)17(2,19)18(20,21)22/h4-7,14H,3,8-11H2,1-2H3,(H2,23,24,27). The fourth-order valence-electron chi connectivity index (χ4n) is 2.88. The van der Waals surface area contributed by atoms with Crippen LogP contribution in [-0.4, -0.2) is 42.1 Å². The van der Waals surface area contributed by atoms with Crippen molar-refractivity contribution in [2.45, 2.75) is 51.0 Å². The van der Waals surface area contributed by atoms with E-state index in [2.05, 4.69) is 10.6 Å². The van der Waals surface area contributed by atoms with Crippen molar-refractivity contribution in [3.63, 3.8) is 0 Å². The van der Waals surface area contributed by atoms with E-state index in [0.717, 1.165) is 12.1 Å². The highest BCUT2D eigenvalue weighted by Crippen LogP contribution is 2.42. The molecule has 1 aromatic carbocycles. The van der Waals surface area contributed by atoms with Gasteiger partial charge in [0.15, 0.2) is 0 Å². The molecule has 1 aromatic rings. The normalized spacial score (nSPS) is 17.9. The number of halogens is 4. The minimum atomic E-state index is -5.02. The molecule has 27 heavy (non-hydrogen) atoms. The van der Waals surface area contributed by atoms with Crippen molar-refractivity contribution in [2.24, 2.45) is 0 Å². The third-order valence-corrected chi connectivity index (χ3v) is 4.70. The lowest BCUT2D eigenvalue weighted by Gasteiger charge is -2.32. The van der Waals surface area contributed by atoms with Gasteiger partial charge >= 0.3 is 12.2 Å². The van der Waals surface area contributed by atoms with Crippen LogP contribution in [0, 0.1) is 0 Å². The molecule has 0 bridgehead atoms. The zero-order valence-corrected chi connectivity index (χ0v) is 15.2. The minimum absolute atomic E-state index is 0.0803. The number of hydrogen-bond acceptors (Lipinski definition) is 2. The first-order valence-electron chi connectivity index (χ1n) is 8.76. The average molecular weight is 389 g/mol. The fourth-order valence-corrected chi connectivity index (χ4v) is 2.88. The monoisotopic (exact) mass is 389 g/mol. The maximum Gasteiger partial charge on any atom is 0.426 e. The maximum atomic E-state index is 13.9. The first kappa shape index (κ1) is 21.0. The fraction of sp³-hybridized carbons (Fsp3) is 0.556. The molecule has 2 rings (SSSR count). The maximum absolute atomic E-state index is 13.9. The molecule has 1 heterocycles. The first-order valence-corrected chi connectivity index (χ1v) is 8.76. The summed E-state index contributed by atoms with van der Waals surface area (Å²) in [6.45, 7) is 3.39. The van der Waals surface area contributed by atoms with Crippen molar-refractivity contribution in [1.82, 2.24) is 10.2 Å². The molecule has 1 atom stereocenters. The van der Waals surface area contributed by atoms with Crippen LogP contribution in [0.4, 0.5) is 28.0 Å². The highest BCUT2D eigenvalue weighted by molar-refractivity contribution is 5.89. The van der Waals surface area contributed by atoms with Gasteiger partial charge in [-0.3, -0.25) is 4.79 Å². The van der Waals surface area contributed by atoms with E-state index < -0.39 is 23.4 Å². The lowest BCUT2D eigenvalue weighted by molar-refractivity contribution is -0.228. The number of likely N-dealkylation sites (tertiary alicyclic amines) is 1. The summed E-state index contributed by atoms with van der Waals surface area (Å²) in [7, 11) is 0. The molecule has 0 aromatic heterocycles. The topological polar surface area (TPSA) is 61.4 Å². The summed E-state index contributed by atoms with van der Waals surface area (Å²) < 4.78 is 52.0. The third kappa shape index (κ3) is 5.11. The lowest BCUT2D eigenvalue weighted by atomic mass is 9.97. The zero-order chi connectivity index (χ0) is 20.2. The molecule has 3 amide bonds. The van der Waals surface area contributed by atoms with Gasteiger partial charge in [0.2, 0.25) is 11.6 Å². The Morgan fingerprint density at radius 3 is 2.15 bits per heavy atom. The molecule has 9 heteroatoms. The van der Waals surface area contributed by atoms with Crippen LogP contribution in [0.5, 0.6) is 0 Å². The van der Waals surface area contributed by atoms with Crippen molar-refractivity contribution in [2.75, 3.05) is 18.4 Å². The Bertz CT molecular complexity index is 666. The molecular formula is C18H23F4N3O2. The van der Waals surface area contributed by atoms with Crippen LogP contribution in [-0.2, 0) is 10.5 Å². The number of urea groups is 1. The number of anilines is 1. The van der Waals surface area contributed by atoms with Gasteiger partial charge in [-0.1, -0.05) is 19.1 Å². The van der Waals surface area contributed by atoms with Gasteiger partial charge < -0.3 is 15.5 Å². The summed E-state index contributed by atoms with van der Waals surface area (Å²) in [5.41, 5.74) is -3.74. The van der Waals surface area contributed by atoms with Crippen molar-refractivity contribution in [3.05, 3.63) is 29.8 Å². The molecular weight excluding hydrogens is 366 g/mol. The van der Waals surface area contributed by atoms with E-state index in [1.165, 1.54) is 12.1 Å². The molecule has 2 N–H and O–H groups in total. The van der Waals surface area contributed by atoms with Gasteiger partial charge in [0.05, 0.1) is 0 Å². The molecule has 1 aliphatic heterocycles. The van der Waals surface area contributed by atoms with Crippen molar-refractivity contribution in [3.8, 4) is 0 Å². The molecule has 1 saturated heterocycles. The summed E-state index contributed by atoms with van der Waals surface area (Å²) >= 11 is 0. The number of alkyl halides is 4. The molecule has 1 unspecified atom stereocenters. The minimum Gasteiger partial charge on any atom is -0.343 e. The number of hydrogen-bond donors (Lipinski definition) is 2. The number of carbonyl (C=O) groups is 2. The number of nitrogens with one attached hydrogen (secondary N) is 2. The van der Waals surface area contributed by atoms with E-state index >= 15 is 0 Å². The Balaban J connectivity index is 1.87. The predicted molar refractivity (Wildman–Crippen MR) is 93.0 cm³/mol. The van der Waals surface area contributed by atoms with E-state index in [-0.39, 0.29) is 17.6 Å². The van der Waals surface area contributed by atoms with E-state index in [1.54, 1.807) is 11.8 Å². The molecule has 0 aliphatic carbocycles. The molecule has 1 aliphatic rings. The van der Waals surface area contributed by atoms with Crippen LogP contribution in [0.25, 0.3) is 0 Å². The Morgan fingerprint density at radius 2 is 1.67 bits per heavy atom. The van der Waals surface area contributed by atoms with Gasteiger partial charge in [0.1, 0.15) is 0 Å². The number of carbonyl (C=O) groups excluding carboxylic acids is 2. The summed E-state index contributed by atoms with van der Waals surface area (Å²) in [6.07, 6.45) is -3.32. The number of piperidine rings is 1. The van der Waals surface area contributed by atoms with Crippen LogP contribution in [0.3, 0.4) is 0 Å². The highest BCUT2D eigenvalue weighted by Gasteiger charge is 2.53.